The average Bonchev–Trinajstić information content (AvgIpc) is 2.68. The summed E-state index contributed by atoms with van der Waals surface area (Å²) in [6.45, 7) is 10.7. The maximum absolute atomic E-state index is 11.6. The average molecular weight is 380 g/mol. The van der Waals surface area contributed by atoms with Crippen molar-refractivity contribution in [1.82, 2.24) is 0 Å². The molecule has 3 atom stereocenters. The SMILES string of the molecule is CC.CCOC(=O)CCC(C)CC(CC)C(OC)c1ccc(N(C)C)cc1. The fraction of sp³-hybridized carbons (Fsp3) is 0.696. The highest BCUT2D eigenvalue weighted by Crippen LogP contribution is 2.34. The molecule has 0 fully saturated rings. The Hall–Kier alpha value is -1.55. The summed E-state index contributed by atoms with van der Waals surface area (Å²) in [6.07, 6.45) is 3.55. The standard InChI is InChI=1S/C21H35NO3.C2H6/c1-7-17(15-16(3)9-14-20(23)25-8-2)21(24-6)18-10-12-19(13-11-18)22(4)5;1-2/h10-13,16-17,21H,7-9,14-15H2,1-6H3;1-2H3. The first-order valence-corrected chi connectivity index (χ1v) is 10.4. The summed E-state index contributed by atoms with van der Waals surface area (Å²) >= 11 is 0. The van der Waals surface area contributed by atoms with Gasteiger partial charge in [0.15, 0.2) is 0 Å². The van der Waals surface area contributed by atoms with Crippen LogP contribution in [0.2, 0.25) is 0 Å². The lowest BCUT2D eigenvalue weighted by molar-refractivity contribution is -0.143. The maximum atomic E-state index is 11.6. The molecule has 3 unspecified atom stereocenters. The van der Waals surface area contributed by atoms with Crippen LogP contribution in [0.3, 0.4) is 0 Å². The van der Waals surface area contributed by atoms with E-state index in [1.54, 1.807) is 7.11 Å². The van der Waals surface area contributed by atoms with Crippen LogP contribution in [0, 0.1) is 11.8 Å². The summed E-state index contributed by atoms with van der Waals surface area (Å²) in [6, 6.07) is 8.60. The monoisotopic (exact) mass is 379 g/mol. The van der Waals surface area contributed by atoms with Crippen molar-refractivity contribution in [1.29, 1.82) is 0 Å². The van der Waals surface area contributed by atoms with E-state index in [9.17, 15) is 4.79 Å². The molecule has 0 aliphatic rings. The largest absolute Gasteiger partial charge is 0.466 e. The van der Waals surface area contributed by atoms with Crippen molar-refractivity contribution < 1.29 is 14.3 Å². The lowest BCUT2D eigenvalue weighted by atomic mass is 9.84. The normalized spacial score (nSPS) is 13.8. The van der Waals surface area contributed by atoms with Crippen LogP contribution in [0.4, 0.5) is 5.69 Å². The van der Waals surface area contributed by atoms with Crippen LogP contribution < -0.4 is 4.90 Å². The zero-order valence-electron chi connectivity index (χ0n) is 18.7. The molecule has 0 heterocycles. The second kappa shape index (κ2) is 14.5. The van der Waals surface area contributed by atoms with Crippen molar-refractivity contribution in [3.63, 3.8) is 0 Å². The van der Waals surface area contributed by atoms with Gasteiger partial charge in [-0.2, -0.15) is 0 Å². The van der Waals surface area contributed by atoms with E-state index in [0.717, 1.165) is 19.3 Å². The molecule has 0 saturated carbocycles. The van der Waals surface area contributed by atoms with Crippen molar-refractivity contribution in [2.24, 2.45) is 11.8 Å². The molecule has 0 aromatic heterocycles. The predicted molar refractivity (Wildman–Crippen MR) is 115 cm³/mol. The molecule has 27 heavy (non-hydrogen) atoms. The van der Waals surface area contributed by atoms with Crippen molar-refractivity contribution in [2.45, 2.75) is 66.4 Å². The quantitative estimate of drug-likeness (QED) is 0.451. The van der Waals surface area contributed by atoms with Gasteiger partial charge in [-0.3, -0.25) is 4.79 Å². The molecular formula is C23H41NO3. The van der Waals surface area contributed by atoms with Crippen LogP contribution in [-0.2, 0) is 14.3 Å². The number of rotatable bonds is 11. The van der Waals surface area contributed by atoms with Gasteiger partial charge in [0.2, 0.25) is 0 Å². The second-order valence-corrected chi connectivity index (χ2v) is 7.00. The fourth-order valence-electron chi connectivity index (χ4n) is 3.30. The first-order chi connectivity index (χ1) is 12.9. The van der Waals surface area contributed by atoms with E-state index in [4.69, 9.17) is 9.47 Å². The first kappa shape index (κ1) is 25.4. The minimum atomic E-state index is -0.0926. The molecule has 0 aliphatic carbocycles. The summed E-state index contributed by atoms with van der Waals surface area (Å²) in [5, 5.41) is 0. The van der Waals surface area contributed by atoms with Gasteiger partial charge >= 0.3 is 5.97 Å². The van der Waals surface area contributed by atoms with Crippen molar-refractivity contribution in [3.8, 4) is 0 Å². The number of carbonyl (C=O) groups excluding carboxylic acids is 1. The van der Waals surface area contributed by atoms with Gasteiger partial charge in [0.25, 0.3) is 0 Å². The highest BCUT2D eigenvalue weighted by Gasteiger charge is 2.24. The Bertz CT molecular complexity index is 499. The van der Waals surface area contributed by atoms with E-state index in [1.807, 2.05) is 34.9 Å². The molecule has 1 aromatic carbocycles. The van der Waals surface area contributed by atoms with Gasteiger partial charge in [-0.05, 0) is 49.3 Å². The Kier molecular flexibility index (Phi) is 13.7. The highest BCUT2D eigenvalue weighted by molar-refractivity contribution is 5.69. The number of hydrogen-bond donors (Lipinski definition) is 0. The molecule has 1 aromatic rings. The van der Waals surface area contributed by atoms with Gasteiger partial charge in [-0.15, -0.1) is 0 Å². The topological polar surface area (TPSA) is 38.8 Å². The Morgan fingerprint density at radius 1 is 1.11 bits per heavy atom. The smallest absolute Gasteiger partial charge is 0.305 e. The van der Waals surface area contributed by atoms with Crippen LogP contribution in [-0.4, -0.2) is 33.8 Å². The van der Waals surface area contributed by atoms with E-state index in [0.29, 0.717) is 24.9 Å². The molecule has 0 saturated heterocycles. The fourth-order valence-corrected chi connectivity index (χ4v) is 3.30. The van der Waals surface area contributed by atoms with Gasteiger partial charge in [0.1, 0.15) is 0 Å². The zero-order valence-corrected chi connectivity index (χ0v) is 18.7. The number of anilines is 1. The lowest BCUT2D eigenvalue weighted by Crippen LogP contribution is -2.18. The molecule has 0 radical (unpaired) electrons. The molecule has 4 heteroatoms. The molecule has 0 aliphatic heterocycles. The third kappa shape index (κ3) is 9.28. The highest BCUT2D eigenvalue weighted by atomic mass is 16.5. The number of esters is 1. The zero-order chi connectivity index (χ0) is 20.8. The van der Waals surface area contributed by atoms with Crippen molar-refractivity contribution in [2.75, 3.05) is 32.7 Å². The van der Waals surface area contributed by atoms with Crippen LogP contribution >= 0.6 is 0 Å². The third-order valence-electron chi connectivity index (χ3n) is 4.80. The van der Waals surface area contributed by atoms with Gasteiger partial charge in [-0.1, -0.05) is 46.2 Å². The number of hydrogen-bond acceptors (Lipinski definition) is 4. The Morgan fingerprint density at radius 3 is 2.15 bits per heavy atom. The Morgan fingerprint density at radius 2 is 1.70 bits per heavy atom. The Balaban J connectivity index is 0.00000326. The molecular weight excluding hydrogens is 338 g/mol. The molecule has 0 N–H and O–H groups in total. The van der Waals surface area contributed by atoms with Crippen molar-refractivity contribution >= 4 is 11.7 Å². The van der Waals surface area contributed by atoms with E-state index in [1.165, 1.54) is 11.3 Å². The Labute approximate surface area is 167 Å². The minimum absolute atomic E-state index is 0.0891. The van der Waals surface area contributed by atoms with E-state index < -0.39 is 0 Å². The van der Waals surface area contributed by atoms with Gasteiger partial charge in [0.05, 0.1) is 12.7 Å². The molecule has 1 rings (SSSR count). The number of nitrogens with zero attached hydrogens (tertiary/aromatic N) is 1. The molecule has 156 valence electrons. The first-order valence-electron chi connectivity index (χ1n) is 10.4. The van der Waals surface area contributed by atoms with Crippen LogP contribution in [0.1, 0.15) is 72.0 Å². The van der Waals surface area contributed by atoms with E-state index in [2.05, 4.69) is 43.0 Å². The number of ether oxygens (including phenoxy) is 2. The molecule has 4 nitrogen and oxygen atoms in total. The summed E-state index contributed by atoms with van der Waals surface area (Å²) in [4.78, 5) is 13.6. The van der Waals surface area contributed by atoms with Gasteiger partial charge in [-0.25, -0.2) is 0 Å². The third-order valence-corrected chi connectivity index (χ3v) is 4.80. The molecule has 0 bridgehead atoms. The van der Waals surface area contributed by atoms with Crippen LogP contribution in [0.5, 0.6) is 0 Å². The van der Waals surface area contributed by atoms with Crippen LogP contribution in [0.15, 0.2) is 24.3 Å². The van der Waals surface area contributed by atoms with E-state index in [-0.39, 0.29) is 12.1 Å². The minimum Gasteiger partial charge on any atom is -0.466 e. The van der Waals surface area contributed by atoms with E-state index >= 15 is 0 Å². The number of carbonyl (C=O) groups is 1. The predicted octanol–water partition coefficient (Wildman–Crippen LogP) is 5.86. The van der Waals surface area contributed by atoms with Crippen LogP contribution in [0.25, 0.3) is 0 Å². The summed E-state index contributed by atoms with van der Waals surface area (Å²) < 4.78 is 10.9. The summed E-state index contributed by atoms with van der Waals surface area (Å²) in [7, 11) is 5.88. The molecule has 0 spiro atoms. The lowest BCUT2D eigenvalue weighted by Gasteiger charge is -2.28. The maximum Gasteiger partial charge on any atom is 0.305 e. The summed E-state index contributed by atoms with van der Waals surface area (Å²) in [5.74, 6) is 0.811. The van der Waals surface area contributed by atoms with Gasteiger partial charge in [0, 0.05) is 33.3 Å². The number of benzene rings is 1. The van der Waals surface area contributed by atoms with Crippen molar-refractivity contribution in [3.05, 3.63) is 29.8 Å². The molecule has 0 amide bonds. The number of methoxy groups -OCH3 is 1. The van der Waals surface area contributed by atoms with Gasteiger partial charge < -0.3 is 14.4 Å². The summed E-state index contributed by atoms with van der Waals surface area (Å²) in [5.41, 5.74) is 2.41. The second-order valence-electron chi connectivity index (χ2n) is 7.00.